The fraction of sp³-hybridized carbons (Fsp3) is 0.188. The second-order valence-corrected chi connectivity index (χ2v) is 4.50. The van der Waals surface area contributed by atoms with E-state index in [2.05, 4.69) is 0 Å². The monoisotopic (exact) mass is 258 g/mol. The minimum Gasteiger partial charge on any atom is -0.494 e. The third-order valence-corrected chi connectivity index (χ3v) is 3.05. The van der Waals surface area contributed by atoms with E-state index in [4.69, 9.17) is 4.74 Å². The Hall–Kier alpha value is -2.16. The molecule has 2 aromatic carbocycles. The summed E-state index contributed by atoms with van der Waals surface area (Å²) in [4.78, 5) is 12.4. The number of hydrogen-bond acceptors (Lipinski definition) is 2. The number of ether oxygens (including phenoxy) is 1. The van der Waals surface area contributed by atoms with Gasteiger partial charge in [0.2, 0.25) is 0 Å². The molecule has 0 N–H and O–H groups in total. The molecular weight excluding hydrogens is 243 g/mol. The molecule has 0 atom stereocenters. The van der Waals surface area contributed by atoms with Gasteiger partial charge in [-0.1, -0.05) is 17.7 Å². The highest BCUT2D eigenvalue weighted by atomic mass is 19.1. The summed E-state index contributed by atoms with van der Waals surface area (Å²) < 4.78 is 18.2. The maximum absolute atomic E-state index is 13.3. The van der Waals surface area contributed by atoms with Crippen LogP contribution in [0, 0.1) is 19.7 Å². The van der Waals surface area contributed by atoms with Gasteiger partial charge in [-0.15, -0.1) is 0 Å². The topological polar surface area (TPSA) is 26.3 Å². The van der Waals surface area contributed by atoms with E-state index >= 15 is 0 Å². The van der Waals surface area contributed by atoms with Crippen LogP contribution in [0.25, 0.3) is 0 Å². The SMILES string of the molecule is COc1cc(C(=O)c2cc(C)ccc2C)ccc1F. The lowest BCUT2D eigenvalue weighted by atomic mass is 9.97. The van der Waals surface area contributed by atoms with Crippen molar-refractivity contribution >= 4 is 5.78 Å². The van der Waals surface area contributed by atoms with Crippen molar-refractivity contribution in [3.63, 3.8) is 0 Å². The first-order chi connectivity index (χ1) is 9.02. The fourth-order valence-corrected chi connectivity index (χ4v) is 1.94. The smallest absolute Gasteiger partial charge is 0.193 e. The summed E-state index contributed by atoms with van der Waals surface area (Å²) in [6.07, 6.45) is 0. The van der Waals surface area contributed by atoms with Crippen molar-refractivity contribution in [2.75, 3.05) is 7.11 Å². The van der Waals surface area contributed by atoms with Gasteiger partial charge in [0.15, 0.2) is 17.3 Å². The van der Waals surface area contributed by atoms with Crippen molar-refractivity contribution in [3.8, 4) is 5.75 Å². The zero-order valence-corrected chi connectivity index (χ0v) is 11.2. The van der Waals surface area contributed by atoms with Crippen molar-refractivity contribution in [1.29, 1.82) is 0 Å². The van der Waals surface area contributed by atoms with Crippen LogP contribution in [0.1, 0.15) is 27.0 Å². The first-order valence-electron chi connectivity index (χ1n) is 5.98. The highest BCUT2D eigenvalue weighted by Crippen LogP contribution is 2.22. The predicted octanol–water partition coefficient (Wildman–Crippen LogP) is 3.68. The molecule has 2 nitrogen and oxygen atoms in total. The molecule has 0 fully saturated rings. The molecule has 19 heavy (non-hydrogen) atoms. The van der Waals surface area contributed by atoms with E-state index in [1.807, 2.05) is 32.0 Å². The van der Waals surface area contributed by atoms with Crippen LogP contribution in [0.4, 0.5) is 4.39 Å². The average molecular weight is 258 g/mol. The van der Waals surface area contributed by atoms with Gasteiger partial charge in [-0.2, -0.15) is 0 Å². The van der Waals surface area contributed by atoms with Gasteiger partial charge < -0.3 is 4.74 Å². The maximum Gasteiger partial charge on any atom is 0.193 e. The average Bonchev–Trinajstić information content (AvgIpc) is 2.41. The second-order valence-electron chi connectivity index (χ2n) is 4.50. The molecule has 3 heteroatoms. The molecule has 0 bridgehead atoms. The molecular formula is C16H15FO2. The van der Waals surface area contributed by atoms with Gasteiger partial charge in [-0.3, -0.25) is 4.79 Å². The number of carbonyl (C=O) groups is 1. The van der Waals surface area contributed by atoms with Crippen LogP contribution in [-0.2, 0) is 0 Å². The molecule has 98 valence electrons. The Morgan fingerprint density at radius 3 is 2.53 bits per heavy atom. The Kier molecular flexibility index (Phi) is 3.65. The van der Waals surface area contributed by atoms with Crippen molar-refractivity contribution < 1.29 is 13.9 Å². The Bertz CT molecular complexity index is 633. The minimum absolute atomic E-state index is 0.0798. The van der Waals surface area contributed by atoms with Crippen LogP contribution in [-0.4, -0.2) is 12.9 Å². The van der Waals surface area contributed by atoms with E-state index in [1.54, 1.807) is 0 Å². The molecule has 0 aromatic heterocycles. The van der Waals surface area contributed by atoms with Gasteiger partial charge in [-0.05, 0) is 43.7 Å². The molecule has 0 saturated heterocycles. The van der Waals surface area contributed by atoms with Crippen molar-refractivity contribution in [1.82, 2.24) is 0 Å². The van der Waals surface area contributed by atoms with Crippen LogP contribution in [0.3, 0.4) is 0 Å². The highest BCUT2D eigenvalue weighted by molar-refractivity contribution is 6.10. The van der Waals surface area contributed by atoms with E-state index in [9.17, 15) is 9.18 Å². The molecule has 0 radical (unpaired) electrons. The minimum atomic E-state index is -0.472. The standard InChI is InChI=1S/C16H15FO2/c1-10-4-5-11(2)13(8-10)16(18)12-6-7-14(17)15(9-12)19-3/h4-9H,1-3H3. The van der Waals surface area contributed by atoms with E-state index in [-0.39, 0.29) is 11.5 Å². The molecule has 2 aromatic rings. The van der Waals surface area contributed by atoms with E-state index < -0.39 is 5.82 Å². The Morgan fingerprint density at radius 2 is 1.84 bits per heavy atom. The largest absolute Gasteiger partial charge is 0.494 e. The summed E-state index contributed by atoms with van der Waals surface area (Å²) in [5, 5.41) is 0. The number of ketones is 1. The predicted molar refractivity (Wildman–Crippen MR) is 72.3 cm³/mol. The second kappa shape index (κ2) is 5.22. The lowest BCUT2D eigenvalue weighted by molar-refractivity contribution is 0.103. The molecule has 0 aliphatic rings. The maximum atomic E-state index is 13.3. The molecule has 0 heterocycles. The lowest BCUT2D eigenvalue weighted by Gasteiger charge is -2.08. The van der Waals surface area contributed by atoms with Crippen LogP contribution in [0.5, 0.6) is 5.75 Å². The molecule has 0 aliphatic carbocycles. The van der Waals surface area contributed by atoms with Crippen molar-refractivity contribution in [2.24, 2.45) is 0 Å². The number of hydrogen-bond donors (Lipinski definition) is 0. The first kappa shape index (κ1) is 13.3. The van der Waals surface area contributed by atoms with E-state index in [0.717, 1.165) is 11.1 Å². The quantitative estimate of drug-likeness (QED) is 0.785. The van der Waals surface area contributed by atoms with Gasteiger partial charge >= 0.3 is 0 Å². The van der Waals surface area contributed by atoms with Crippen LogP contribution in [0.2, 0.25) is 0 Å². The zero-order chi connectivity index (χ0) is 14.0. The van der Waals surface area contributed by atoms with Crippen molar-refractivity contribution in [2.45, 2.75) is 13.8 Å². The summed E-state index contributed by atoms with van der Waals surface area (Å²) in [7, 11) is 1.38. The number of methoxy groups -OCH3 is 1. The van der Waals surface area contributed by atoms with Gasteiger partial charge in [0.05, 0.1) is 7.11 Å². The molecule has 0 saturated carbocycles. The van der Waals surface area contributed by atoms with Crippen LogP contribution < -0.4 is 4.74 Å². The van der Waals surface area contributed by atoms with Gasteiger partial charge in [0, 0.05) is 11.1 Å². The summed E-state index contributed by atoms with van der Waals surface area (Å²) in [5.74, 6) is -0.518. The molecule has 0 spiro atoms. The van der Waals surface area contributed by atoms with Gasteiger partial charge in [-0.25, -0.2) is 4.39 Å². The Labute approximate surface area is 111 Å². The number of halogens is 1. The van der Waals surface area contributed by atoms with E-state index in [1.165, 1.54) is 25.3 Å². The third-order valence-electron chi connectivity index (χ3n) is 3.05. The van der Waals surface area contributed by atoms with E-state index in [0.29, 0.717) is 11.1 Å². The fourth-order valence-electron chi connectivity index (χ4n) is 1.94. The zero-order valence-electron chi connectivity index (χ0n) is 11.2. The molecule has 2 rings (SSSR count). The van der Waals surface area contributed by atoms with Crippen LogP contribution >= 0.6 is 0 Å². The highest BCUT2D eigenvalue weighted by Gasteiger charge is 2.14. The number of benzene rings is 2. The van der Waals surface area contributed by atoms with Crippen molar-refractivity contribution in [3.05, 3.63) is 64.5 Å². The lowest BCUT2D eigenvalue weighted by Crippen LogP contribution is -2.05. The van der Waals surface area contributed by atoms with Gasteiger partial charge in [0.25, 0.3) is 0 Å². The third kappa shape index (κ3) is 2.65. The molecule has 0 aliphatic heterocycles. The summed E-state index contributed by atoms with van der Waals surface area (Å²) in [5.41, 5.74) is 2.97. The summed E-state index contributed by atoms with van der Waals surface area (Å²) in [6.45, 7) is 3.81. The summed E-state index contributed by atoms with van der Waals surface area (Å²) in [6, 6.07) is 9.85. The normalized spacial score (nSPS) is 10.3. The molecule has 0 amide bonds. The number of carbonyl (C=O) groups excluding carboxylic acids is 1. The first-order valence-corrected chi connectivity index (χ1v) is 5.98. The summed E-state index contributed by atoms with van der Waals surface area (Å²) >= 11 is 0. The Morgan fingerprint density at radius 1 is 1.11 bits per heavy atom. The number of rotatable bonds is 3. The van der Waals surface area contributed by atoms with Gasteiger partial charge in [0.1, 0.15) is 0 Å². The van der Waals surface area contributed by atoms with Crippen LogP contribution in [0.15, 0.2) is 36.4 Å². The Balaban J connectivity index is 2.47. The number of aryl methyl sites for hydroxylation is 2. The molecule has 0 unspecified atom stereocenters.